The number of aryl methyl sites for hydroxylation is 1. The Labute approximate surface area is 142 Å². The van der Waals surface area contributed by atoms with Crippen molar-refractivity contribution in [1.82, 2.24) is 15.1 Å². The van der Waals surface area contributed by atoms with Gasteiger partial charge in [-0.1, -0.05) is 6.07 Å². The van der Waals surface area contributed by atoms with Gasteiger partial charge in [0.1, 0.15) is 0 Å². The summed E-state index contributed by atoms with van der Waals surface area (Å²) in [5, 5.41) is 10.4. The molecule has 0 N–H and O–H groups in total. The molecule has 0 spiro atoms. The van der Waals surface area contributed by atoms with Gasteiger partial charge in [-0.25, -0.2) is 0 Å². The highest BCUT2D eigenvalue weighted by atomic mass is 32.1. The zero-order chi connectivity index (χ0) is 16.0. The molecule has 0 bridgehead atoms. The summed E-state index contributed by atoms with van der Waals surface area (Å²) in [6.07, 6.45) is 5.29. The summed E-state index contributed by atoms with van der Waals surface area (Å²) in [5.41, 5.74) is 1.33. The van der Waals surface area contributed by atoms with Gasteiger partial charge in [-0.2, -0.15) is 10.2 Å². The van der Waals surface area contributed by atoms with Crippen LogP contribution in [0.25, 0.3) is 0 Å². The van der Waals surface area contributed by atoms with E-state index in [0.29, 0.717) is 0 Å². The van der Waals surface area contributed by atoms with E-state index in [1.165, 1.54) is 17.7 Å². The first-order chi connectivity index (χ1) is 11.3. The Morgan fingerprint density at radius 1 is 1.35 bits per heavy atom. The fraction of sp³-hybridized carbons (Fsp3) is 0.556. The van der Waals surface area contributed by atoms with Crippen molar-refractivity contribution in [3.8, 4) is 0 Å². The number of thiophene rings is 1. The van der Waals surface area contributed by atoms with Crippen LogP contribution in [-0.2, 0) is 17.7 Å². The summed E-state index contributed by atoms with van der Waals surface area (Å²) in [5.74, 6) is 0. The summed E-state index contributed by atoms with van der Waals surface area (Å²) >= 11 is 1.86. The third kappa shape index (κ3) is 4.59. The van der Waals surface area contributed by atoms with Gasteiger partial charge in [-0.3, -0.25) is 4.90 Å². The monoisotopic (exact) mass is 331 g/mol. The highest BCUT2D eigenvalue weighted by Gasteiger charge is 2.38. The molecule has 4 nitrogen and oxygen atoms in total. The molecule has 5 heteroatoms. The van der Waals surface area contributed by atoms with Gasteiger partial charge in [0.05, 0.1) is 12.3 Å². The molecule has 3 heterocycles. The fourth-order valence-corrected chi connectivity index (χ4v) is 4.07. The molecule has 0 aliphatic carbocycles. The first kappa shape index (κ1) is 16.6. The van der Waals surface area contributed by atoms with Crippen LogP contribution in [-0.4, -0.2) is 41.4 Å². The third-order valence-corrected chi connectivity index (χ3v) is 5.56. The highest BCUT2D eigenvalue weighted by molar-refractivity contribution is 7.09. The molecule has 23 heavy (non-hydrogen) atoms. The van der Waals surface area contributed by atoms with E-state index in [-0.39, 0.29) is 5.41 Å². The van der Waals surface area contributed by atoms with Crippen LogP contribution >= 0.6 is 11.3 Å². The van der Waals surface area contributed by atoms with Crippen LogP contribution in [0.4, 0.5) is 0 Å². The fourth-order valence-electron chi connectivity index (χ4n) is 3.37. The van der Waals surface area contributed by atoms with Gasteiger partial charge in [-0.05, 0) is 56.3 Å². The van der Waals surface area contributed by atoms with Crippen LogP contribution in [0.15, 0.2) is 35.8 Å². The second-order valence-corrected chi connectivity index (χ2v) is 7.42. The Bertz CT molecular complexity index is 575. The summed E-state index contributed by atoms with van der Waals surface area (Å²) in [6.45, 7) is 6.85. The highest BCUT2D eigenvalue weighted by Crippen LogP contribution is 2.36. The van der Waals surface area contributed by atoms with Crippen molar-refractivity contribution >= 4 is 11.3 Å². The Balaban J connectivity index is 1.60. The number of nitrogens with zero attached hydrogens (tertiary/aromatic N) is 3. The Morgan fingerprint density at radius 2 is 2.30 bits per heavy atom. The van der Waals surface area contributed by atoms with Crippen LogP contribution in [0.3, 0.4) is 0 Å². The van der Waals surface area contributed by atoms with Crippen molar-refractivity contribution in [2.75, 3.05) is 26.3 Å². The van der Waals surface area contributed by atoms with E-state index < -0.39 is 0 Å². The molecule has 2 aromatic heterocycles. The second-order valence-electron chi connectivity index (χ2n) is 6.39. The van der Waals surface area contributed by atoms with Crippen molar-refractivity contribution in [3.05, 3.63) is 46.4 Å². The van der Waals surface area contributed by atoms with Crippen LogP contribution < -0.4 is 0 Å². The molecule has 1 fully saturated rings. The van der Waals surface area contributed by atoms with E-state index in [4.69, 9.17) is 4.74 Å². The summed E-state index contributed by atoms with van der Waals surface area (Å²) in [6, 6.07) is 8.40. The minimum absolute atomic E-state index is 0.280. The van der Waals surface area contributed by atoms with Crippen LogP contribution in [0.1, 0.15) is 30.3 Å². The lowest BCUT2D eigenvalue weighted by Gasteiger charge is -2.29. The Morgan fingerprint density at radius 3 is 3.04 bits per heavy atom. The number of likely N-dealkylation sites (tertiary alicyclic amines) is 1. The minimum atomic E-state index is 0.280. The summed E-state index contributed by atoms with van der Waals surface area (Å²) in [4.78, 5) is 3.98. The van der Waals surface area contributed by atoms with Crippen molar-refractivity contribution in [3.63, 3.8) is 0 Å². The van der Waals surface area contributed by atoms with E-state index in [0.717, 1.165) is 45.0 Å². The molecule has 124 valence electrons. The van der Waals surface area contributed by atoms with Gasteiger partial charge in [0, 0.05) is 36.2 Å². The van der Waals surface area contributed by atoms with Crippen molar-refractivity contribution in [1.29, 1.82) is 0 Å². The number of rotatable bonds is 8. The largest absolute Gasteiger partial charge is 0.381 e. The maximum absolute atomic E-state index is 5.84. The molecule has 1 saturated heterocycles. The molecule has 1 aliphatic heterocycles. The topological polar surface area (TPSA) is 38.2 Å². The minimum Gasteiger partial charge on any atom is -0.381 e. The van der Waals surface area contributed by atoms with E-state index >= 15 is 0 Å². The quantitative estimate of drug-likeness (QED) is 0.743. The summed E-state index contributed by atoms with van der Waals surface area (Å²) < 4.78 is 5.84. The molecular formula is C18H25N3OS. The molecule has 2 aromatic rings. The Hall–Kier alpha value is -1.30. The van der Waals surface area contributed by atoms with Gasteiger partial charge >= 0.3 is 0 Å². The molecule has 3 rings (SSSR count). The van der Waals surface area contributed by atoms with Crippen molar-refractivity contribution in [2.24, 2.45) is 5.41 Å². The lowest BCUT2D eigenvalue weighted by molar-refractivity contribution is 0.0489. The molecule has 1 aliphatic rings. The standard InChI is InChI=1S/C18H25N3OS/c1-2-22-15-18(8-7-17-6-4-12-23-17)9-11-21(14-18)13-16-5-3-10-19-20-16/h3-6,10,12H,2,7-9,11,13-15H2,1H3/t18-/m0/s1. The molecule has 0 saturated carbocycles. The zero-order valence-electron chi connectivity index (χ0n) is 13.8. The summed E-state index contributed by atoms with van der Waals surface area (Å²) in [7, 11) is 0. The molecule has 0 aromatic carbocycles. The first-order valence-corrected chi connectivity index (χ1v) is 9.27. The van der Waals surface area contributed by atoms with Crippen molar-refractivity contribution < 1.29 is 4.74 Å². The average Bonchev–Trinajstić information content (AvgIpc) is 3.23. The lowest BCUT2D eigenvalue weighted by atomic mass is 9.83. The third-order valence-electron chi connectivity index (χ3n) is 4.62. The van der Waals surface area contributed by atoms with E-state index in [2.05, 4.69) is 45.6 Å². The molecule has 1 atom stereocenters. The normalized spacial score (nSPS) is 21.8. The average molecular weight is 331 g/mol. The molecule has 0 unspecified atom stereocenters. The maximum atomic E-state index is 5.84. The Kier molecular flexibility index (Phi) is 5.75. The van der Waals surface area contributed by atoms with Gasteiger partial charge in [0.25, 0.3) is 0 Å². The SMILES string of the molecule is CCOC[C@@]1(CCc2cccs2)CCN(Cc2cccnn2)C1. The number of aromatic nitrogens is 2. The maximum Gasteiger partial charge on any atom is 0.0771 e. The van der Waals surface area contributed by atoms with Gasteiger partial charge in [0.15, 0.2) is 0 Å². The lowest BCUT2D eigenvalue weighted by Crippen LogP contribution is -2.32. The van der Waals surface area contributed by atoms with E-state index in [9.17, 15) is 0 Å². The molecular weight excluding hydrogens is 306 g/mol. The van der Waals surface area contributed by atoms with Gasteiger partial charge in [-0.15, -0.1) is 11.3 Å². The van der Waals surface area contributed by atoms with Gasteiger partial charge < -0.3 is 4.74 Å². The molecule has 0 amide bonds. The van der Waals surface area contributed by atoms with Crippen LogP contribution in [0.2, 0.25) is 0 Å². The smallest absolute Gasteiger partial charge is 0.0771 e. The number of ether oxygens (including phenoxy) is 1. The van der Waals surface area contributed by atoms with Crippen molar-refractivity contribution in [2.45, 2.75) is 32.7 Å². The van der Waals surface area contributed by atoms with Crippen LogP contribution in [0.5, 0.6) is 0 Å². The van der Waals surface area contributed by atoms with E-state index in [1.807, 2.05) is 17.4 Å². The predicted octanol–water partition coefficient (Wildman–Crippen LogP) is 3.40. The predicted molar refractivity (Wildman–Crippen MR) is 93.5 cm³/mol. The zero-order valence-corrected chi connectivity index (χ0v) is 14.6. The second kappa shape index (κ2) is 7.99. The van der Waals surface area contributed by atoms with Gasteiger partial charge in [0.2, 0.25) is 0 Å². The van der Waals surface area contributed by atoms with E-state index in [1.54, 1.807) is 6.20 Å². The number of hydrogen-bond donors (Lipinski definition) is 0. The number of hydrogen-bond acceptors (Lipinski definition) is 5. The van der Waals surface area contributed by atoms with Crippen LogP contribution in [0, 0.1) is 5.41 Å². The molecule has 0 radical (unpaired) electrons. The first-order valence-electron chi connectivity index (χ1n) is 8.39.